The molecule has 1 aromatic rings. The normalized spacial score (nSPS) is 13.6. The van der Waals surface area contributed by atoms with Gasteiger partial charge in [0.25, 0.3) is 17.4 Å². The number of nitro benzene ring substituents is 1. The summed E-state index contributed by atoms with van der Waals surface area (Å²) in [6, 6.07) is 1.57. The van der Waals surface area contributed by atoms with E-state index in [9.17, 15) is 19.7 Å². The van der Waals surface area contributed by atoms with E-state index in [4.69, 9.17) is 0 Å². The molecule has 1 aromatic carbocycles. The van der Waals surface area contributed by atoms with Gasteiger partial charge >= 0.3 is 0 Å². The first-order valence-electron chi connectivity index (χ1n) is 4.57. The van der Waals surface area contributed by atoms with E-state index in [2.05, 4.69) is 5.32 Å². The van der Waals surface area contributed by atoms with Crippen molar-refractivity contribution in [3.63, 3.8) is 0 Å². The summed E-state index contributed by atoms with van der Waals surface area (Å²) < 4.78 is 0. The molecule has 1 N–H and O–H groups in total. The van der Waals surface area contributed by atoms with Crippen molar-refractivity contribution in [2.75, 3.05) is 5.32 Å². The molecule has 0 aliphatic carbocycles. The predicted molar refractivity (Wildman–Crippen MR) is 55.5 cm³/mol. The Morgan fingerprint density at radius 1 is 1.31 bits per heavy atom. The maximum Gasteiger partial charge on any atom is 0.297 e. The molecule has 16 heavy (non-hydrogen) atoms. The second kappa shape index (κ2) is 3.13. The van der Waals surface area contributed by atoms with Crippen LogP contribution < -0.4 is 5.32 Å². The molecule has 82 valence electrons. The smallest absolute Gasteiger partial charge is 0.297 e. The number of hydrogen-bond donors (Lipinski definition) is 1. The number of nitro groups is 1. The van der Waals surface area contributed by atoms with Gasteiger partial charge in [-0.15, -0.1) is 0 Å². The highest BCUT2D eigenvalue weighted by atomic mass is 16.6. The van der Waals surface area contributed by atoms with Crippen molar-refractivity contribution in [2.45, 2.75) is 13.8 Å². The Bertz CT molecular complexity index is 548. The zero-order valence-corrected chi connectivity index (χ0v) is 8.66. The largest absolute Gasteiger partial charge is 0.318 e. The number of nitrogens with zero attached hydrogens (tertiary/aromatic N) is 1. The SMILES string of the molecule is Cc1cc2c(c([N+](=O)[O-])c1C)C(=O)C(=O)N2. The second-order valence-electron chi connectivity index (χ2n) is 3.63. The number of carbonyl (C=O) groups is 2. The predicted octanol–water partition coefficient (Wildman–Crippen LogP) is 1.35. The van der Waals surface area contributed by atoms with Crippen molar-refractivity contribution in [1.82, 2.24) is 0 Å². The van der Waals surface area contributed by atoms with Crippen LogP contribution >= 0.6 is 0 Å². The molecule has 0 atom stereocenters. The molecule has 0 unspecified atom stereocenters. The summed E-state index contributed by atoms with van der Waals surface area (Å²) in [4.78, 5) is 32.9. The van der Waals surface area contributed by atoms with E-state index in [1.807, 2.05) is 0 Å². The third-order valence-electron chi connectivity index (χ3n) is 2.68. The van der Waals surface area contributed by atoms with Crippen LogP contribution in [0.5, 0.6) is 0 Å². The number of Topliss-reactive ketones (excluding diaryl/α,β-unsaturated/α-hetero) is 1. The number of ketones is 1. The lowest BCUT2D eigenvalue weighted by Gasteiger charge is -2.05. The van der Waals surface area contributed by atoms with E-state index in [1.165, 1.54) is 0 Å². The molecule has 0 saturated heterocycles. The maximum absolute atomic E-state index is 11.5. The van der Waals surface area contributed by atoms with Gasteiger partial charge in [0.05, 0.1) is 10.6 Å². The Morgan fingerprint density at radius 3 is 2.50 bits per heavy atom. The van der Waals surface area contributed by atoms with Crippen LogP contribution in [-0.2, 0) is 4.79 Å². The maximum atomic E-state index is 11.5. The quantitative estimate of drug-likeness (QED) is 0.439. The number of fused-ring (bicyclic) bond motifs is 1. The fourth-order valence-electron chi connectivity index (χ4n) is 1.75. The minimum absolute atomic E-state index is 0.127. The van der Waals surface area contributed by atoms with Gasteiger partial charge in [0.1, 0.15) is 5.56 Å². The molecule has 0 radical (unpaired) electrons. The number of benzene rings is 1. The first-order chi connectivity index (χ1) is 7.43. The topological polar surface area (TPSA) is 89.3 Å². The van der Waals surface area contributed by atoms with Crippen molar-refractivity contribution in [1.29, 1.82) is 0 Å². The molecular formula is C10H8N2O4. The van der Waals surface area contributed by atoms with Gasteiger partial charge in [-0.2, -0.15) is 0 Å². The van der Waals surface area contributed by atoms with Gasteiger partial charge in [-0.3, -0.25) is 19.7 Å². The van der Waals surface area contributed by atoms with Crippen LogP contribution in [0.2, 0.25) is 0 Å². The molecule has 6 heteroatoms. The van der Waals surface area contributed by atoms with Crippen LogP contribution in [0.1, 0.15) is 21.5 Å². The van der Waals surface area contributed by atoms with E-state index in [0.29, 0.717) is 11.1 Å². The molecule has 0 aromatic heterocycles. The summed E-state index contributed by atoms with van der Waals surface area (Å²) in [6.45, 7) is 3.25. The first kappa shape index (κ1) is 10.3. The average Bonchev–Trinajstić information content (AvgIpc) is 2.45. The molecule has 2 rings (SSSR count). The molecule has 0 spiro atoms. The summed E-state index contributed by atoms with van der Waals surface area (Å²) in [7, 11) is 0. The molecule has 1 aliphatic heterocycles. The number of nitrogens with one attached hydrogen (secondary N) is 1. The highest BCUT2D eigenvalue weighted by Crippen LogP contribution is 2.36. The highest BCUT2D eigenvalue weighted by Gasteiger charge is 2.37. The number of aryl methyl sites for hydroxylation is 1. The summed E-state index contributed by atoms with van der Waals surface area (Å²) in [6.07, 6.45) is 0. The Labute approximate surface area is 90.4 Å². The van der Waals surface area contributed by atoms with Gasteiger partial charge in [0.15, 0.2) is 0 Å². The molecule has 1 amide bonds. The van der Waals surface area contributed by atoms with Crippen LogP contribution in [0.15, 0.2) is 6.07 Å². The zero-order valence-electron chi connectivity index (χ0n) is 8.66. The summed E-state index contributed by atoms with van der Waals surface area (Å²) in [5.41, 5.74) is 0.898. The first-order valence-corrected chi connectivity index (χ1v) is 4.57. The van der Waals surface area contributed by atoms with E-state index >= 15 is 0 Å². The van der Waals surface area contributed by atoms with Crippen LogP contribution in [0.4, 0.5) is 11.4 Å². The summed E-state index contributed by atoms with van der Waals surface area (Å²) >= 11 is 0. The summed E-state index contributed by atoms with van der Waals surface area (Å²) in [5, 5.41) is 13.2. The van der Waals surface area contributed by atoms with Gasteiger partial charge in [-0.05, 0) is 25.5 Å². The molecular weight excluding hydrogens is 212 g/mol. The van der Waals surface area contributed by atoms with Crippen molar-refractivity contribution in [2.24, 2.45) is 0 Å². The Balaban J connectivity index is 2.84. The third kappa shape index (κ3) is 1.19. The Hall–Kier alpha value is -2.24. The Kier molecular flexibility index (Phi) is 2.01. The van der Waals surface area contributed by atoms with Gasteiger partial charge in [0, 0.05) is 5.56 Å². The molecule has 6 nitrogen and oxygen atoms in total. The van der Waals surface area contributed by atoms with Crippen LogP contribution in [0.25, 0.3) is 0 Å². The van der Waals surface area contributed by atoms with E-state index in [-0.39, 0.29) is 16.9 Å². The molecule has 0 bridgehead atoms. The minimum atomic E-state index is -0.843. The van der Waals surface area contributed by atoms with E-state index < -0.39 is 16.6 Å². The molecule has 1 heterocycles. The molecule has 1 aliphatic rings. The lowest BCUT2D eigenvalue weighted by molar-refractivity contribution is -0.385. The van der Waals surface area contributed by atoms with Crippen molar-refractivity contribution in [3.8, 4) is 0 Å². The highest BCUT2D eigenvalue weighted by molar-refractivity contribution is 6.52. The number of anilines is 1. The van der Waals surface area contributed by atoms with Gasteiger partial charge in [0.2, 0.25) is 0 Å². The second-order valence-corrected chi connectivity index (χ2v) is 3.63. The lowest BCUT2D eigenvalue weighted by atomic mass is 10.0. The monoisotopic (exact) mass is 220 g/mol. The number of hydrogen-bond acceptors (Lipinski definition) is 4. The molecule has 0 fully saturated rings. The summed E-state index contributed by atoms with van der Waals surface area (Å²) in [5.74, 6) is -1.66. The van der Waals surface area contributed by atoms with E-state index in [0.717, 1.165) is 0 Å². The average molecular weight is 220 g/mol. The van der Waals surface area contributed by atoms with Crippen molar-refractivity contribution >= 4 is 23.1 Å². The standard InChI is InChI=1S/C10H8N2O4/c1-4-3-6-7(9(13)10(14)11-6)8(5(4)2)12(15)16/h3H,1-2H3,(H,11,13,14). The fraction of sp³-hybridized carbons (Fsp3) is 0.200. The number of rotatable bonds is 1. The van der Waals surface area contributed by atoms with Gasteiger partial charge in [-0.1, -0.05) is 0 Å². The molecule has 0 saturated carbocycles. The van der Waals surface area contributed by atoms with Crippen molar-refractivity contribution in [3.05, 3.63) is 32.9 Å². The zero-order chi connectivity index (χ0) is 12.0. The van der Waals surface area contributed by atoms with Crippen LogP contribution in [0, 0.1) is 24.0 Å². The fourth-order valence-corrected chi connectivity index (χ4v) is 1.75. The Morgan fingerprint density at radius 2 is 1.94 bits per heavy atom. The number of amides is 1. The van der Waals surface area contributed by atoms with Crippen LogP contribution in [0.3, 0.4) is 0 Å². The van der Waals surface area contributed by atoms with Crippen LogP contribution in [-0.4, -0.2) is 16.6 Å². The van der Waals surface area contributed by atoms with Gasteiger partial charge in [-0.25, -0.2) is 0 Å². The number of carbonyl (C=O) groups excluding carboxylic acids is 2. The third-order valence-corrected chi connectivity index (χ3v) is 2.68. The van der Waals surface area contributed by atoms with Gasteiger partial charge < -0.3 is 5.32 Å². The van der Waals surface area contributed by atoms with Crippen molar-refractivity contribution < 1.29 is 14.5 Å². The minimum Gasteiger partial charge on any atom is -0.318 e. The lowest BCUT2D eigenvalue weighted by Crippen LogP contribution is -2.13. The van der Waals surface area contributed by atoms with E-state index in [1.54, 1.807) is 19.9 Å².